The fourth-order valence-electron chi connectivity index (χ4n) is 2.79. The Morgan fingerprint density at radius 1 is 1.25 bits per heavy atom. The summed E-state index contributed by atoms with van der Waals surface area (Å²) < 4.78 is 37.9. The van der Waals surface area contributed by atoms with Gasteiger partial charge >= 0.3 is 6.18 Å². The smallest absolute Gasteiger partial charge is 0.311 e. The molecule has 2 nitrogen and oxygen atoms in total. The first-order valence-corrected chi connectivity index (χ1v) is 7.06. The third kappa shape index (κ3) is 4.49. The minimum Gasteiger partial charge on any atom is -0.311 e. The van der Waals surface area contributed by atoms with Crippen LogP contribution in [0.25, 0.3) is 0 Å². The van der Waals surface area contributed by atoms with E-state index in [1.54, 1.807) is 4.90 Å². The molecule has 0 aliphatic carbocycles. The highest BCUT2D eigenvalue weighted by Gasteiger charge is 2.36. The molecule has 2 rings (SSSR count). The van der Waals surface area contributed by atoms with Crippen molar-refractivity contribution in [2.45, 2.75) is 38.0 Å². The van der Waals surface area contributed by atoms with Gasteiger partial charge in [0.25, 0.3) is 0 Å². The van der Waals surface area contributed by atoms with E-state index in [1.165, 1.54) is 0 Å². The lowest BCUT2D eigenvalue weighted by Gasteiger charge is -2.40. The first-order valence-electron chi connectivity index (χ1n) is 7.06. The van der Waals surface area contributed by atoms with Gasteiger partial charge in [0.15, 0.2) is 0 Å². The molecule has 0 aromatic heterocycles. The van der Waals surface area contributed by atoms with Crippen molar-refractivity contribution in [2.75, 3.05) is 19.6 Å². The normalized spacial score (nSPS) is 24.8. The van der Waals surface area contributed by atoms with E-state index in [2.05, 4.69) is 5.32 Å². The summed E-state index contributed by atoms with van der Waals surface area (Å²) in [5.41, 5.74) is 1.16. The highest BCUT2D eigenvalue weighted by atomic mass is 19.4. The summed E-state index contributed by atoms with van der Waals surface area (Å²) in [6, 6.07) is 9.96. The molecule has 2 unspecified atom stereocenters. The van der Waals surface area contributed by atoms with Gasteiger partial charge in [-0.2, -0.15) is 13.2 Å². The van der Waals surface area contributed by atoms with Crippen LogP contribution in [-0.4, -0.2) is 42.8 Å². The fraction of sp³-hybridized carbons (Fsp3) is 0.600. The Bertz CT molecular complexity index is 405. The zero-order chi connectivity index (χ0) is 14.6. The molecule has 1 aromatic rings. The van der Waals surface area contributed by atoms with Gasteiger partial charge in [-0.1, -0.05) is 37.3 Å². The molecule has 1 aliphatic rings. The monoisotopic (exact) mass is 286 g/mol. The molecule has 112 valence electrons. The number of hydrogen-bond acceptors (Lipinski definition) is 2. The molecule has 1 saturated heterocycles. The van der Waals surface area contributed by atoms with Gasteiger partial charge < -0.3 is 5.32 Å². The Labute approximate surface area is 118 Å². The highest BCUT2D eigenvalue weighted by molar-refractivity contribution is 5.16. The average Bonchev–Trinajstić information content (AvgIpc) is 2.38. The molecule has 1 N–H and O–H groups in total. The van der Waals surface area contributed by atoms with Gasteiger partial charge in [-0.05, 0) is 18.4 Å². The Hall–Kier alpha value is -1.07. The predicted octanol–water partition coefficient (Wildman–Crippen LogP) is 2.84. The van der Waals surface area contributed by atoms with Crippen molar-refractivity contribution < 1.29 is 13.2 Å². The van der Waals surface area contributed by atoms with E-state index in [0.29, 0.717) is 13.1 Å². The molecule has 1 aliphatic heterocycles. The third-order valence-corrected chi connectivity index (χ3v) is 3.79. The Kier molecular flexibility index (Phi) is 5.05. The molecule has 0 saturated carbocycles. The van der Waals surface area contributed by atoms with Crippen LogP contribution in [-0.2, 0) is 6.42 Å². The van der Waals surface area contributed by atoms with Gasteiger partial charge in [0.1, 0.15) is 0 Å². The van der Waals surface area contributed by atoms with E-state index in [4.69, 9.17) is 0 Å². The van der Waals surface area contributed by atoms with Crippen molar-refractivity contribution in [3.8, 4) is 0 Å². The van der Waals surface area contributed by atoms with Crippen LogP contribution in [0.5, 0.6) is 0 Å². The summed E-state index contributed by atoms with van der Waals surface area (Å²) in [6.45, 7) is 2.21. The first kappa shape index (κ1) is 15.3. The van der Waals surface area contributed by atoms with Crippen LogP contribution in [0, 0.1) is 0 Å². The number of hydrogen-bond donors (Lipinski definition) is 1. The van der Waals surface area contributed by atoms with E-state index in [9.17, 15) is 13.2 Å². The van der Waals surface area contributed by atoms with E-state index >= 15 is 0 Å². The van der Waals surface area contributed by atoms with Gasteiger partial charge in [0.05, 0.1) is 6.54 Å². The lowest BCUT2D eigenvalue weighted by atomic mass is 10.0. The Morgan fingerprint density at radius 3 is 2.55 bits per heavy atom. The zero-order valence-electron chi connectivity index (χ0n) is 11.7. The second kappa shape index (κ2) is 6.59. The van der Waals surface area contributed by atoms with Crippen LogP contribution in [0.15, 0.2) is 30.3 Å². The van der Waals surface area contributed by atoms with Crippen LogP contribution < -0.4 is 5.32 Å². The summed E-state index contributed by atoms with van der Waals surface area (Å²) in [5, 5.41) is 3.38. The standard InChI is InChI=1S/C15H21F3N2/c1-2-14-9-19-13(8-12-6-4-3-5-7-12)10-20(14)11-15(16,17)18/h3-7,13-14,19H,2,8-11H2,1H3. The molecule has 5 heteroatoms. The molecule has 1 fully saturated rings. The maximum absolute atomic E-state index is 12.6. The minimum atomic E-state index is -4.12. The Balaban J connectivity index is 1.97. The third-order valence-electron chi connectivity index (χ3n) is 3.79. The van der Waals surface area contributed by atoms with E-state index < -0.39 is 12.7 Å². The van der Waals surface area contributed by atoms with Gasteiger partial charge in [0, 0.05) is 25.2 Å². The highest BCUT2D eigenvalue weighted by Crippen LogP contribution is 2.21. The van der Waals surface area contributed by atoms with E-state index in [1.807, 2.05) is 37.3 Å². The van der Waals surface area contributed by atoms with Crippen LogP contribution in [0.1, 0.15) is 18.9 Å². The van der Waals surface area contributed by atoms with Crippen LogP contribution in [0.3, 0.4) is 0 Å². The number of piperazine rings is 1. The quantitative estimate of drug-likeness (QED) is 0.915. The van der Waals surface area contributed by atoms with Gasteiger partial charge in [0.2, 0.25) is 0 Å². The van der Waals surface area contributed by atoms with E-state index in [0.717, 1.165) is 18.4 Å². The van der Waals surface area contributed by atoms with Crippen LogP contribution in [0.2, 0.25) is 0 Å². The molecule has 20 heavy (non-hydrogen) atoms. The zero-order valence-corrected chi connectivity index (χ0v) is 11.7. The number of nitrogens with zero attached hydrogens (tertiary/aromatic N) is 1. The fourth-order valence-corrected chi connectivity index (χ4v) is 2.79. The number of alkyl halides is 3. The largest absolute Gasteiger partial charge is 0.401 e. The maximum Gasteiger partial charge on any atom is 0.401 e. The lowest BCUT2D eigenvalue weighted by molar-refractivity contribution is -0.154. The van der Waals surface area contributed by atoms with E-state index in [-0.39, 0.29) is 12.1 Å². The molecular weight excluding hydrogens is 265 g/mol. The lowest BCUT2D eigenvalue weighted by Crippen LogP contribution is -2.58. The summed E-state index contributed by atoms with van der Waals surface area (Å²) in [7, 11) is 0. The minimum absolute atomic E-state index is 0.0244. The second-order valence-electron chi connectivity index (χ2n) is 5.40. The maximum atomic E-state index is 12.6. The van der Waals surface area contributed by atoms with Crippen LogP contribution in [0.4, 0.5) is 13.2 Å². The molecule has 0 spiro atoms. The van der Waals surface area contributed by atoms with Crippen LogP contribution >= 0.6 is 0 Å². The molecule has 1 aromatic carbocycles. The predicted molar refractivity (Wildman–Crippen MR) is 73.6 cm³/mol. The molecule has 0 bridgehead atoms. The SMILES string of the molecule is CCC1CNC(Cc2ccccc2)CN1CC(F)(F)F. The number of rotatable bonds is 4. The molecular formula is C15H21F3N2. The summed E-state index contributed by atoms with van der Waals surface area (Å²) >= 11 is 0. The van der Waals surface area contributed by atoms with Crippen molar-refractivity contribution in [1.29, 1.82) is 0 Å². The number of nitrogens with one attached hydrogen (secondary N) is 1. The van der Waals surface area contributed by atoms with Crippen molar-refractivity contribution in [3.63, 3.8) is 0 Å². The number of halogens is 3. The first-order chi connectivity index (χ1) is 9.48. The molecule has 1 heterocycles. The topological polar surface area (TPSA) is 15.3 Å². The van der Waals surface area contributed by atoms with Crippen molar-refractivity contribution in [3.05, 3.63) is 35.9 Å². The van der Waals surface area contributed by atoms with Gasteiger partial charge in [-0.25, -0.2) is 0 Å². The van der Waals surface area contributed by atoms with Gasteiger partial charge in [-0.3, -0.25) is 4.90 Å². The number of benzene rings is 1. The Morgan fingerprint density at radius 2 is 1.95 bits per heavy atom. The van der Waals surface area contributed by atoms with Crippen molar-refractivity contribution >= 4 is 0 Å². The summed E-state index contributed by atoms with van der Waals surface area (Å²) in [6.07, 6.45) is -2.62. The average molecular weight is 286 g/mol. The van der Waals surface area contributed by atoms with Crippen molar-refractivity contribution in [2.24, 2.45) is 0 Å². The van der Waals surface area contributed by atoms with Gasteiger partial charge in [-0.15, -0.1) is 0 Å². The summed E-state index contributed by atoms with van der Waals surface area (Å²) in [4.78, 5) is 1.57. The molecule has 0 amide bonds. The summed E-state index contributed by atoms with van der Waals surface area (Å²) in [5.74, 6) is 0. The molecule has 0 radical (unpaired) electrons. The molecule has 2 atom stereocenters. The second-order valence-corrected chi connectivity index (χ2v) is 5.40. The van der Waals surface area contributed by atoms with Crippen molar-refractivity contribution in [1.82, 2.24) is 10.2 Å².